The molecule has 0 spiro atoms. The lowest BCUT2D eigenvalue weighted by atomic mass is 10.2. The number of carbonyl (C=O) groups is 1. The first kappa shape index (κ1) is 18.7. The molecule has 0 saturated carbocycles. The van der Waals surface area contributed by atoms with Crippen molar-refractivity contribution >= 4 is 15.9 Å². The van der Waals surface area contributed by atoms with Gasteiger partial charge in [-0.05, 0) is 57.9 Å². The predicted octanol–water partition coefficient (Wildman–Crippen LogP) is 3.39. The van der Waals surface area contributed by atoms with Crippen LogP contribution in [0.25, 0.3) is 0 Å². The van der Waals surface area contributed by atoms with Crippen LogP contribution in [0.4, 0.5) is 9.18 Å². The summed E-state index contributed by atoms with van der Waals surface area (Å²) >= 11 is 0. The van der Waals surface area contributed by atoms with E-state index in [0.29, 0.717) is 19.4 Å². The SMILES string of the molecule is CC(C)(C)OC(=O)N1CCCC[C@@H](S(=O)(=O)c2ccc(F)cc2)C1. The number of sulfone groups is 1. The van der Waals surface area contributed by atoms with Gasteiger partial charge in [-0.15, -0.1) is 0 Å². The van der Waals surface area contributed by atoms with Gasteiger partial charge in [-0.3, -0.25) is 0 Å². The molecule has 0 aromatic heterocycles. The number of hydrogen-bond donors (Lipinski definition) is 0. The van der Waals surface area contributed by atoms with Crippen LogP contribution in [0.2, 0.25) is 0 Å². The molecular formula is C17H24FNO4S. The van der Waals surface area contributed by atoms with Gasteiger partial charge in [0, 0.05) is 13.1 Å². The van der Waals surface area contributed by atoms with Crippen molar-refractivity contribution < 1.29 is 22.3 Å². The summed E-state index contributed by atoms with van der Waals surface area (Å²) in [6.45, 7) is 5.89. The molecule has 1 amide bonds. The van der Waals surface area contributed by atoms with Gasteiger partial charge in [0.1, 0.15) is 11.4 Å². The summed E-state index contributed by atoms with van der Waals surface area (Å²) in [4.78, 5) is 13.8. The van der Waals surface area contributed by atoms with E-state index in [1.165, 1.54) is 17.0 Å². The van der Waals surface area contributed by atoms with E-state index in [4.69, 9.17) is 4.74 Å². The van der Waals surface area contributed by atoms with Crippen molar-refractivity contribution in [1.82, 2.24) is 4.90 Å². The molecule has 1 aromatic rings. The van der Waals surface area contributed by atoms with Crippen LogP contribution in [-0.2, 0) is 14.6 Å². The zero-order valence-corrected chi connectivity index (χ0v) is 15.1. The minimum atomic E-state index is -3.63. The molecule has 1 aliphatic rings. The van der Waals surface area contributed by atoms with E-state index in [1.807, 2.05) is 0 Å². The molecule has 134 valence electrons. The quantitative estimate of drug-likeness (QED) is 0.761. The van der Waals surface area contributed by atoms with E-state index in [9.17, 15) is 17.6 Å². The van der Waals surface area contributed by atoms with Gasteiger partial charge >= 0.3 is 6.09 Å². The van der Waals surface area contributed by atoms with Gasteiger partial charge in [-0.2, -0.15) is 0 Å². The Kier molecular flexibility index (Phi) is 5.52. The lowest BCUT2D eigenvalue weighted by Crippen LogP contribution is -2.42. The smallest absolute Gasteiger partial charge is 0.410 e. The lowest BCUT2D eigenvalue weighted by Gasteiger charge is -2.28. The van der Waals surface area contributed by atoms with Gasteiger partial charge in [-0.25, -0.2) is 17.6 Å². The third-order valence-electron chi connectivity index (χ3n) is 3.86. The predicted molar refractivity (Wildman–Crippen MR) is 89.0 cm³/mol. The van der Waals surface area contributed by atoms with Crippen LogP contribution in [0.1, 0.15) is 40.0 Å². The normalized spacial score (nSPS) is 19.7. The molecule has 1 aromatic carbocycles. The summed E-state index contributed by atoms with van der Waals surface area (Å²) < 4.78 is 44.0. The summed E-state index contributed by atoms with van der Waals surface area (Å²) in [5.74, 6) is -0.481. The summed E-state index contributed by atoms with van der Waals surface area (Å²) in [6, 6.07) is 4.81. The molecule has 0 N–H and O–H groups in total. The van der Waals surface area contributed by atoms with Gasteiger partial charge in [0.25, 0.3) is 0 Å². The number of hydrogen-bond acceptors (Lipinski definition) is 4. The molecule has 2 rings (SSSR count). The Morgan fingerprint density at radius 3 is 2.42 bits per heavy atom. The van der Waals surface area contributed by atoms with Crippen LogP contribution in [0.3, 0.4) is 0 Å². The van der Waals surface area contributed by atoms with E-state index >= 15 is 0 Å². The highest BCUT2D eigenvalue weighted by atomic mass is 32.2. The number of benzene rings is 1. The monoisotopic (exact) mass is 357 g/mol. The van der Waals surface area contributed by atoms with E-state index in [1.54, 1.807) is 20.8 Å². The zero-order valence-electron chi connectivity index (χ0n) is 14.3. The van der Waals surface area contributed by atoms with E-state index in [2.05, 4.69) is 0 Å². The van der Waals surface area contributed by atoms with Crippen molar-refractivity contribution in [2.24, 2.45) is 0 Å². The van der Waals surface area contributed by atoms with Gasteiger partial charge in [0.05, 0.1) is 10.1 Å². The number of halogens is 1. The Balaban J connectivity index is 2.20. The van der Waals surface area contributed by atoms with Crippen LogP contribution >= 0.6 is 0 Å². The van der Waals surface area contributed by atoms with Crippen LogP contribution < -0.4 is 0 Å². The van der Waals surface area contributed by atoms with E-state index < -0.39 is 32.6 Å². The Hall–Kier alpha value is -1.63. The number of ether oxygens (including phenoxy) is 1. The summed E-state index contributed by atoms with van der Waals surface area (Å²) in [5.41, 5.74) is -0.630. The maximum Gasteiger partial charge on any atom is 0.410 e. The van der Waals surface area contributed by atoms with Gasteiger partial charge < -0.3 is 9.64 Å². The molecule has 1 aliphatic heterocycles. The van der Waals surface area contributed by atoms with Crippen LogP contribution in [-0.4, -0.2) is 43.4 Å². The van der Waals surface area contributed by atoms with E-state index in [-0.39, 0.29) is 11.4 Å². The highest BCUT2D eigenvalue weighted by Gasteiger charge is 2.34. The van der Waals surface area contributed by atoms with Crippen molar-refractivity contribution in [3.63, 3.8) is 0 Å². The first-order valence-electron chi connectivity index (χ1n) is 8.07. The third kappa shape index (κ3) is 4.69. The maximum absolute atomic E-state index is 13.0. The first-order chi connectivity index (χ1) is 11.1. The zero-order chi connectivity index (χ0) is 18.0. The average molecular weight is 357 g/mol. The fourth-order valence-electron chi connectivity index (χ4n) is 2.67. The summed E-state index contributed by atoms with van der Waals surface area (Å²) in [7, 11) is -3.63. The minimum Gasteiger partial charge on any atom is -0.444 e. The first-order valence-corrected chi connectivity index (χ1v) is 9.61. The molecule has 0 unspecified atom stereocenters. The minimum absolute atomic E-state index is 0.0833. The molecule has 0 aliphatic carbocycles. The van der Waals surface area contributed by atoms with E-state index in [0.717, 1.165) is 18.6 Å². The molecular weight excluding hydrogens is 333 g/mol. The maximum atomic E-state index is 13.0. The number of carbonyl (C=O) groups excluding carboxylic acids is 1. The number of rotatable bonds is 2. The molecule has 1 atom stereocenters. The lowest BCUT2D eigenvalue weighted by molar-refractivity contribution is 0.0258. The molecule has 24 heavy (non-hydrogen) atoms. The highest BCUT2D eigenvalue weighted by molar-refractivity contribution is 7.92. The molecule has 5 nitrogen and oxygen atoms in total. The van der Waals surface area contributed by atoms with Gasteiger partial charge in [0.15, 0.2) is 9.84 Å². The number of likely N-dealkylation sites (tertiary alicyclic amines) is 1. The molecule has 1 heterocycles. The molecule has 7 heteroatoms. The Morgan fingerprint density at radius 1 is 1.21 bits per heavy atom. The Labute approximate surface area is 142 Å². The van der Waals surface area contributed by atoms with Crippen molar-refractivity contribution in [3.8, 4) is 0 Å². The second-order valence-electron chi connectivity index (χ2n) is 7.04. The van der Waals surface area contributed by atoms with Crippen molar-refractivity contribution in [3.05, 3.63) is 30.1 Å². The molecule has 0 radical (unpaired) electrons. The molecule has 1 saturated heterocycles. The number of nitrogens with zero attached hydrogens (tertiary/aromatic N) is 1. The fraction of sp³-hybridized carbons (Fsp3) is 0.588. The van der Waals surface area contributed by atoms with Gasteiger partial charge in [-0.1, -0.05) is 6.42 Å². The van der Waals surface area contributed by atoms with Crippen LogP contribution in [0, 0.1) is 5.82 Å². The third-order valence-corrected chi connectivity index (χ3v) is 6.05. The van der Waals surface area contributed by atoms with Crippen LogP contribution in [0.5, 0.6) is 0 Å². The largest absolute Gasteiger partial charge is 0.444 e. The Morgan fingerprint density at radius 2 is 1.83 bits per heavy atom. The van der Waals surface area contributed by atoms with Gasteiger partial charge in [0.2, 0.25) is 0 Å². The summed E-state index contributed by atoms with van der Waals surface area (Å²) in [6.07, 6.45) is 1.42. The fourth-order valence-corrected chi connectivity index (χ4v) is 4.42. The second-order valence-corrected chi connectivity index (χ2v) is 9.27. The molecule has 1 fully saturated rings. The van der Waals surface area contributed by atoms with Crippen LogP contribution in [0.15, 0.2) is 29.2 Å². The molecule has 0 bridgehead atoms. The average Bonchev–Trinajstić information content (AvgIpc) is 2.72. The summed E-state index contributed by atoms with van der Waals surface area (Å²) in [5, 5.41) is -0.710. The number of amides is 1. The standard InChI is InChI=1S/C17H24FNO4S/c1-17(2,3)23-16(20)19-11-5-4-6-15(12-19)24(21,22)14-9-7-13(18)8-10-14/h7-10,15H,4-6,11-12H2,1-3H3/t15-/m1/s1. The van der Waals surface area contributed by atoms with Crippen molar-refractivity contribution in [2.75, 3.05) is 13.1 Å². The van der Waals surface area contributed by atoms with Crippen molar-refractivity contribution in [1.29, 1.82) is 0 Å². The topological polar surface area (TPSA) is 63.7 Å². The second kappa shape index (κ2) is 7.09. The van der Waals surface area contributed by atoms with Crippen molar-refractivity contribution in [2.45, 2.75) is 55.8 Å². The highest BCUT2D eigenvalue weighted by Crippen LogP contribution is 2.25. The Bertz CT molecular complexity index is 680.